The Morgan fingerprint density at radius 2 is 2.14 bits per heavy atom. The number of carbonyl (C=O) groups is 2. The van der Waals surface area contributed by atoms with E-state index in [-0.39, 0.29) is 12.6 Å². The maximum atomic E-state index is 12.9. The minimum Gasteiger partial charge on any atom is -0.481 e. The fourth-order valence-electron chi connectivity index (χ4n) is 1.74. The molecule has 0 bridgehead atoms. The molecule has 1 rings (SSSR count). The number of carboxylic acid groups (broad SMARTS) is 1. The second kappa shape index (κ2) is 7.83. The molecule has 21 heavy (non-hydrogen) atoms. The molecule has 0 aliphatic heterocycles. The third-order valence-electron chi connectivity index (χ3n) is 3.00. The molecule has 0 saturated carbocycles. The molecule has 0 aliphatic carbocycles. The average Bonchev–Trinajstić information content (AvgIpc) is 2.40. The summed E-state index contributed by atoms with van der Waals surface area (Å²) in [7, 11) is 1.53. The number of halogens is 2. The highest BCUT2D eigenvalue weighted by Crippen LogP contribution is 2.17. The van der Waals surface area contributed by atoms with Crippen molar-refractivity contribution in [2.45, 2.75) is 13.3 Å². The topological polar surface area (TPSA) is 69.6 Å². The highest BCUT2D eigenvalue weighted by atomic mass is 35.5. The van der Waals surface area contributed by atoms with Crippen LogP contribution in [0.3, 0.4) is 0 Å². The minimum absolute atomic E-state index is 0.123. The number of aliphatic carboxylic acids is 1. The standard InChI is InChI=1S/C14H18ClFN2O3/c1-9(13(19)20)8-18(2)14(21)17-6-5-10-3-4-11(16)7-12(10)15/h3-4,7,9H,5-6,8H2,1-2H3,(H,17,21)(H,19,20). The van der Waals surface area contributed by atoms with Gasteiger partial charge in [0.15, 0.2) is 0 Å². The normalized spacial score (nSPS) is 11.8. The first-order valence-electron chi connectivity index (χ1n) is 6.47. The maximum Gasteiger partial charge on any atom is 0.317 e. The van der Waals surface area contributed by atoms with Gasteiger partial charge in [0.25, 0.3) is 0 Å². The smallest absolute Gasteiger partial charge is 0.317 e. The molecule has 0 spiro atoms. The summed E-state index contributed by atoms with van der Waals surface area (Å²) in [6, 6.07) is 3.74. The van der Waals surface area contributed by atoms with E-state index >= 15 is 0 Å². The van der Waals surface area contributed by atoms with E-state index in [0.29, 0.717) is 18.0 Å². The largest absolute Gasteiger partial charge is 0.481 e. The van der Waals surface area contributed by atoms with Gasteiger partial charge in [-0.1, -0.05) is 24.6 Å². The van der Waals surface area contributed by atoms with Crippen LogP contribution in [0.25, 0.3) is 0 Å². The molecule has 0 aromatic heterocycles. The number of hydrogen-bond acceptors (Lipinski definition) is 2. The highest BCUT2D eigenvalue weighted by Gasteiger charge is 2.16. The van der Waals surface area contributed by atoms with E-state index in [9.17, 15) is 14.0 Å². The molecule has 7 heteroatoms. The van der Waals surface area contributed by atoms with Gasteiger partial charge in [0, 0.05) is 25.2 Å². The van der Waals surface area contributed by atoms with Crippen LogP contribution in [-0.2, 0) is 11.2 Å². The van der Waals surface area contributed by atoms with E-state index in [1.165, 1.54) is 31.0 Å². The first kappa shape index (κ1) is 17.2. The zero-order chi connectivity index (χ0) is 16.0. The number of nitrogens with one attached hydrogen (secondary N) is 1. The first-order chi connectivity index (χ1) is 9.81. The van der Waals surface area contributed by atoms with Gasteiger partial charge in [-0.25, -0.2) is 9.18 Å². The number of urea groups is 1. The molecule has 1 aromatic rings. The van der Waals surface area contributed by atoms with E-state index < -0.39 is 17.7 Å². The summed E-state index contributed by atoms with van der Waals surface area (Å²) in [6.07, 6.45) is 0.465. The van der Waals surface area contributed by atoms with Crippen LogP contribution in [0, 0.1) is 11.7 Å². The molecule has 0 heterocycles. The van der Waals surface area contributed by atoms with Crippen LogP contribution in [0.15, 0.2) is 18.2 Å². The van der Waals surface area contributed by atoms with Crippen molar-refractivity contribution in [2.75, 3.05) is 20.1 Å². The van der Waals surface area contributed by atoms with Gasteiger partial charge >= 0.3 is 12.0 Å². The van der Waals surface area contributed by atoms with E-state index in [1.54, 1.807) is 6.07 Å². The van der Waals surface area contributed by atoms with E-state index in [0.717, 1.165) is 5.56 Å². The number of benzene rings is 1. The van der Waals surface area contributed by atoms with Gasteiger partial charge in [0.05, 0.1) is 5.92 Å². The van der Waals surface area contributed by atoms with Gasteiger partial charge in [-0.15, -0.1) is 0 Å². The number of carbonyl (C=O) groups excluding carboxylic acids is 1. The second-order valence-corrected chi connectivity index (χ2v) is 5.24. The molecule has 0 aliphatic rings. The number of nitrogens with zero attached hydrogens (tertiary/aromatic N) is 1. The number of rotatable bonds is 6. The van der Waals surface area contributed by atoms with Gasteiger partial charge in [-0.2, -0.15) is 0 Å². The predicted molar refractivity (Wildman–Crippen MR) is 77.9 cm³/mol. The Labute approximate surface area is 127 Å². The SMILES string of the molecule is CC(CN(C)C(=O)NCCc1ccc(F)cc1Cl)C(=O)O. The van der Waals surface area contributed by atoms with Crippen LogP contribution in [0.5, 0.6) is 0 Å². The molecule has 1 unspecified atom stereocenters. The predicted octanol–water partition coefficient (Wildman–Crippen LogP) is 2.38. The first-order valence-corrected chi connectivity index (χ1v) is 6.84. The van der Waals surface area contributed by atoms with Crippen molar-refractivity contribution in [2.24, 2.45) is 5.92 Å². The Kier molecular flexibility index (Phi) is 6.42. The minimum atomic E-state index is -0.951. The van der Waals surface area contributed by atoms with Crippen molar-refractivity contribution in [1.29, 1.82) is 0 Å². The van der Waals surface area contributed by atoms with Crippen LogP contribution in [0.4, 0.5) is 9.18 Å². The Bertz CT molecular complexity index is 525. The van der Waals surface area contributed by atoms with Crippen LogP contribution >= 0.6 is 11.6 Å². The number of hydrogen-bond donors (Lipinski definition) is 2. The molecule has 0 saturated heterocycles. The Morgan fingerprint density at radius 3 is 2.71 bits per heavy atom. The third kappa shape index (κ3) is 5.59. The summed E-state index contributed by atoms with van der Waals surface area (Å²) < 4.78 is 12.9. The summed E-state index contributed by atoms with van der Waals surface area (Å²) >= 11 is 5.88. The Hall–Kier alpha value is -1.82. The third-order valence-corrected chi connectivity index (χ3v) is 3.35. The lowest BCUT2D eigenvalue weighted by Crippen LogP contribution is -2.41. The Balaban J connectivity index is 2.41. The van der Waals surface area contributed by atoms with Gasteiger partial charge < -0.3 is 15.3 Å². The van der Waals surface area contributed by atoms with Gasteiger partial charge in [0.2, 0.25) is 0 Å². The zero-order valence-corrected chi connectivity index (χ0v) is 12.7. The molecule has 1 atom stereocenters. The summed E-state index contributed by atoms with van der Waals surface area (Å²) in [4.78, 5) is 23.8. The van der Waals surface area contributed by atoms with E-state index in [1.807, 2.05) is 0 Å². The monoisotopic (exact) mass is 316 g/mol. The molecule has 5 nitrogen and oxygen atoms in total. The zero-order valence-electron chi connectivity index (χ0n) is 11.9. The molecular weight excluding hydrogens is 299 g/mol. The van der Waals surface area contributed by atoms with Crippen LogP contribution < -0.4 is 5.32 Å². The van der Waals surface area contributed by atoms with Crippen molar-refractivity contribution >= 4 is 23.6 Å². The van der Waals surface area contributed by atoms with Crippen molar-refractivity contribution in [3.63, 3.8) is 0 Å². The van der Waals surface area contributed by atoms with Crippen molar-refractivity contribution in [3.05, 3.63) is 34.6 Å². The van der Waals surface area contributed by atoms with Gasteiger partial charge in [0.1, 0.15) is 5.82 Å². The maximum absolute atomic E-state index is 12.9. The van der Waals surface area contributed by atoms with Crippen LogP contribution in [0.1, 0.15) is 12.5 Å². The van der Waals surface area contributed by atoms with Crippen molar-refractivity contribution < 1.29 is 19.1 Å². The second-order valence-electron chi connectivity index (χ2n) is 4.84. The lowest BCUT2D eigenvalue weighted by atomic mass is 10.1. The average molecular weight is 317 g/mol. The molecule has 2 amide bonds. The van der Waals surface area contributed by atoms with Crippen LogP contribution in [0.2, 0.25) is 5.02 Å². The Morgan fingerprint density at radius 1 is 1.48 bits per heavy atom. The fraction of sp³-hybridized carbons (Fsp3) is 0.429. The summed E-state index contributed by atoms with van der Waals surface area (Å²) in [5.74, 6) is -1.99. The van der Waals surface area contributed by atoms with E-state index in [4.69, 9.17) is 16.7 Å². The molecule has 116 valence electrons. The molecule has 0 radical (unpaired) electrons. The van der Waals surface area contributed by atoms with Gasteiger partial charge in [-0.3, -0.25) is 4.79 Å². The summed E-state index contributed by atoms with van der Waals surface area (Å²) in [5, 5.41) is 11.8. The van der Waals surface area contributed by atoms with E-state index in [2.05, 4.69) is 5.32 Å². The lowest BCUT2D eigenvalue weighted by molar-refractivity contribution is -0.141. The number of amides is 2. The molecule has 0 fully saturated rings. The van der Waals surface area contributed by atoms with Crippen molar-refractivity contribution in [3.8, 4) is 0 Å². The highest BCUT2D eigenvalue weighted by molar-refractivity contribution is 6.31. The fourth-order valence-corrected chi connectivity index (χ4v) is 2.00. The molecule has 2 N–H and O–H groups in total. The van der Waals surface area contributed by atoms with Gasteiger partial charge in [-0.05, 0) is 24.1 Å². The molecule has 1 aromatic carbocycles. The lowest BCUT2D eigenvalue weighted by Gasteiger charge is -2.20. The molecular formula is C14H18ClFN2O3. The van der Waals surface area contributed by atoms with Crippen molar-refractivity contribution in [1.82, 2.24) is 10.2 Å². The quantitative estimate of drug-likeness (QED) is 0.846. The number of carboxylic acids is 1. The summed E-state index contributed by atoms with van der Waals surface area (Å²) in [5.41, 5.74) is 0.736. The summed E-state index contributed by atoms with van der Waals surface area (Å²) in [6.45, 7) is 1.98. The van der Waals surface area contributed by atoms with Crippen LogP contribution in [-0.4, -0.2) is 42.1 Å².